The van der Waals surface area contributed by atoms with Gasteiger partial charge in [-0.1, -0.05) is 26.2 Å². The molecule has 3 atom stereocenters. The zero-order valence-corrected chi connectivity index (χ0v) is 21.4. The summed E-state index contributed by atoms with van der Waals surface area (Å²) in [4.78, 5) is 51.7. The number of amides is 1. The molecule has 0 aromatic heterocycles. The Morgan fingerprint density at radius 3 is 2.09 bits per heavy atom. The fourth-order valence-electron chi connectivity index (χ4n) is 4.67. The Morgan fingerprint density at radius 2 is 1.61 bits per heavy atom. The molecule has 1 aliphatic rings. The van der Waals surface area contributed by atoms with E-state index in [1.807, 2.05) is 13.2 Å². The van der Waals surface area contributed by atoms with Crippen LogP contribution in [0.3, 0.4) is 0 Å². The standard InChI is InChI=1S/C23H41N3O6S/c1-21(2,3)32-20(31)26-14-23(18(29)15(24)9-12-33-5,19(30)16(25)13-17(27)28)22(4)10-7-6-8-11-22/h15-16H,6-14,24-25H2,1-5H3,(H,26,31)(H,27,28)/t15-,16-,23?/m0/s1. The highest BCUT2D eigenvalue weighted by Gasteiger charge is 2.60. The molecule has 0 spiro atoms. The second-order valence-corrected chi connectivity index (χ2v) is 11.2. The second kappa shape index (κ2) is 12.2. The zero-order valence-electron chi connectivity index (χ0n) is 20.6. The molecule has 10 heteroatoms. The Kier molecular flexibility index (Phi) is 10.8. The summed E-state index contributed by atoms with van der Waals surface area (Å²) in [6.07, 6.45) is 4.57. The summed E-state index contributed by atoms with van der Waals surface area (Å²) in [6, 6.07) is -2.35. The summed E-state index contributed by atoms with van der Waals surface area (Å²) in [5, 5.41) is 11.9. The maximum Gasteiger partial charge on any atom is 0.407 e. The summed E-state index contributed by atoms with van der Waals surface area (Å²) in [5.41, 5.74) is 8.97. The Bertz CT molecular complexity index is 717. The number of hydrogen-bond acceptors (Lipinski definition) is 8. The molecule has 1 aliphatic carbocycles. The number of carboxylic acid groups (broad SMARTS) is 1. The Labute approximate surface area is 201 Å². The number of nitrogens with two attached hydrogens (primary N) is 2. The number of carbonyl (C=O) groups is 4. The molecular formula is C23H41N3O6S. The van der Waals surface area contributed by atoms with Crippen LogP contribution < -0.4 is 16.8 Å². The van der Waals surface area contributed by atoms with Crippen LogP contribution in [0.1, 0.15) is 72.6 Å². The predicted octanol–water partition coefficient (Wildman–Crippen LogP) is 2.49. The third-order valence-corrected chi connectivity index (χ3v) is 7.07. The molecule has 9 nitrogen and oxygen atoms in total. The highest BCUT2D eigenvalue weighted by molar-refractivity contribution is 7.98. The van der Waals surface area contributed by atoms with Crippen LogP contribution >= 0.6 is 11.8 Å². The van der Waals surface area contributed by atoms with Crippen LogP contribution in [-0.2, 0) is 19.1 Å². The normalized spacial score (nSPS) is 19.6. The quantitative estimate of drug-likeness (QED) is 0.303. The molecular weight excluding hydrogens is 446 g/mol. The molecule has 1 unspecified atom stereocenters. The molecule has 0 bridgehead atoms. The van der Waals surface area contributed by atoms with Crippen LogP contribution in [0.15, 0.2) is 0 Å². The molecule has 0 aliphatic heterocycles. The molecule has 0 aromatic carbocycles. The van der Waals surface area contributed by atoms with Crippen molar-refractivity contribution in [2.75, 3.05) is 18.6 Å². The Morgan fingerprint density at radius 1 is 1.06 bits per heavy atom. The zero-order chi connectivity index (χ0) is 25.4. The summed E-state index contributed by atoms with van der Waals surface area (Å²) in [7, 11) is 0. The lowest BCUT2D eigenvalue weighted by Crippen LogP contribution is -2.65. The number of ketones is 2. The van der Waals surface area contributed by atoms with Gasteiger partial charge in [0.15, 0.2) is 11.6 Å². The van der Waals surface area contributed by atoms with Crippen LogP contribution in [0.2, 0.25) is 0 Å². The van der Waals surface area contributed by atoms with Gasteiger partial charge in [-0.25, -0.2) is 4.79 Å². The second-order valence-electron chi connectivity index (χ2n) is 10.2. The maximum atomic E-state index is 14.0. The van der Waals surface area contributed by atoms with Gasteiger partial charge >= 0.3 is 12.1 Å². The van der Waals surface area contributed by atoms with Gasteiger partial charge in [0.05, 0.1) is 18.5 Å². The number of rotatable bonds is 12. The molecule has 190 valence electrons. The number of nitrogens with one attached hydrogen (secondary N) is 1. The first-order chi connectivity index (χ1) is 15.2. The smallest absolute Gasteiger partial charge is 0.407 e. The third kappa shape index (κ3) is 7.68. The van der Waals surface area contributed by atoms with Crippen LogP contribution in [0, 0.1) is 10.8 Å². The molecule has 0 saturated heterocycles. The molecule has 0 aromatic rings. The first-order valence-electron chi connectivity index (χ1n) is 11.5. The van der Waals surface area contributed by atoms with Crippen molar-refractivity contribution in [3.05, 3.63) is 0 Å². The van der Waals surface area contributed by atoms with Gasteiger partial charge in [0, 0.05) is 6.54 Å². The van der Waals surface area contributed by atoms with Crippen molar-refractivity contribution in [2.24, 2.45) is 22.3 Å². The van der Waals surface area contributed by atoms with Gasteiger partial charge < -0.3 is 26.6 Å². The van der Waals surface area contributed by atoms with E-state index >= 15 is 0 Å². The summed E-state index contributed by atoms with van der Waals surface area (Å²) < 4.78 is 5.33. The van der Waals surface area contributed by atoms with Crippen molar-refractivity contribution in [1.29, 1.82) is 0 Å². The number of carbonyl (C=O) groups excluding carboxylic acids is 3. The van der Waals surface area contributed by atoms with Crippen molar-refractivity contribution in [1.82, 2.24) is 5.32 Å². The lowest BCUT2D eigenvalue weighted by Gasteiger charge is -2.50. The maximum absolute atomic E-state index is 14.0. The van der Waals surface area contributed by atoms with Gasteiger partial charge in [-0.15, -0.1) is 0 Å². The van der Waals surface area contributed by atoms with E-state index in [1.54, 1.807) is 20.8 Å². The van der Waals surface area contributed by atoms with Crippen LogP contribution in [-0.4, -0.2) is 65.0 Å². The number of Topliss-reactive ketones (excluding diaryl/α,β-unsaturated/α-hetero) is 2. The lowest BCUT2D eigenvalue weighted by atomic mass is 9.52. The summed E-state index contributed by atoms with van der Waals surface area (Å²) in [5.74, 6) is -1.80. The molecule has 1 fully saturated rings. The van der Waals surface area contributed by atoms with E-state index in [0.717, 1.165) is 19.3 Å². The number of thioether (sulfide) groups is 1. The number of alkyl carbamates (subject to hydrolysis) is 1. The third-order valence-electron chi connectivity index (χ3n) is 6.43. The topological polar surface area (TPSA) is 162 Å². The number of hydrogen-bond donors (Lipinski definition) is 4. The molecule has 0 radical (unpaired) electrons. The van der Waals surface area contributed by atoms with Crippen LogP contribution in [0.5, 0.6) is 0 Å². The van der Waals surface area contributed by atoms with E-state index in [1.165, 1.54) is 11.8 Å². The average Bonchev–Trinajstić information content (AvgIpc) is 2.70. The minimum absolute atomic E-state index is 0.337. The SMILES string of the molecule is CSCC[C@H](N)C(=O)C(CNC(=O)OC(C)(C)C)(C(=O)[C@@H](N)CC(=O)O)C1(C)CCCCC1. The lowest BCUT2D eigenvalue weighted by molar-refractivity contribution is -0.155. The fraction of sp³-hybridized carbons (Fsp3) is 0.826. The highest BCUT2D eigenvalue weighted by Crippen LogP contribution is 2.52. The average molecular weight is 488 g/mol. The number of aliphatic carboxylic acids is 1. The predicted molar refractivity (Wildman–Crippen MR) is 129 cm³/mol. The molecule has 1 rings (SSSR count). The molecule has 1 saturated carbocycles. The first-order valence-corrected chi connectivity index (χ1v) is 12.9. The van der Waals surface area contributed by atoms with E-state index in [9.17, 15) is 24.3 Å². The molecule has 33 heavy (non-hydrogen) atoms. The number of carboxylic acids is 1. The molecule has 0 heterocycles. The Balaban J connectivity index is 3.54. The minimum Gasteiger partial charge on any atom is -0.481 e. The fourth-order valence-corrected chi connectivity index (χ4v) is 5.16. The molecule has 1 amide bonds. The van der Waals surface area contributed by atoms with E-state index in [0.29, 0.717) is 25.0 Å². The van der Waals surface area contributed by atoms with Gasteiger partial charge in [-0.2, -0.15) is 11.8 Å². The van der Waals surface area contributed by atoms with Gasteiger partial charge in [-0.05, 0) is 57.5 Å². The highest BCUT2D eigenvalue weighted by atomic mass is 32.2. The van der Waals surface area contributed by atoms with Gasteiger partial charge in [0.1, 0.15) is 11.0 Å². The van der Waals surface area contributed by atoms with Crippen LogP contribution in [0.25, 0.3) is 0 Å². The number of ether oxygens (including phenoxy) is 1. The van der Waals surface area contributed by atoms with Crippen molar-refractivity contribution in [3.63, 3.8) is 0 Å². The summed E-state index contributed by atoms with van der Waals surface area (Å²) >= 11 is 1.53. The van der Waals surface area contributed by atoms with Crippen molar-refractivity contribution >= 4 is 35.4 Å². The van der Waals surface area contributed by atoms with E-state index < -0.39 is 58.6 Å². The van der Waals surface area contributed by atoms with E-state index in [4.69, 9.17) is 16.2 Å². The van der Waals surface area contributed by atoms with Crippen LogP contribution in [0.4, 0.5) is 4.79 Å². The van der Waals surface area contributed by atoms with Gasteiger partial charge in [0.2, 0.25) is 0 Å². The van der Waals surface area contributed by atoms with E-state index in [-0.39, 0.29) is 6.54 Å². The Hall–Kier alpha value is -1.65. The van der Waals surface area contributed by atoms with Gasteiger partial charge in [0.25, 0.3) is 0 Å². The van der Waals surface area contributed by atoms with Crippen molar-refractivity contribution in [3.8, 4) is 0 Å². The van der Waals surface area contributed by atoms with Gasteiger partial charge in [-0.3, -0.25) is 14.4 Å². The van der Waals surface area contributed by atoms with Crippen molar-refractivity contribution in [2.45, 2.75) is 90.3 Å². The largest absolute Gasteiger partial charge is 0.481 e. The van der Waals surface area contributed by atoms with E-state index in [2.05, 4.69) is 5.32 Å². The minimum atomic E-state index is -1.75. The monoisotopic (exact) mass is 487 g/mol. The van der Waals surface area contributed by atoms with Crippen molar-refractivity contribution < 1.29 is 29.0 Å². The summed E-state index contributed by atoms with van der Waals surface area (Å²) in [6.45, 7) is 6.64. The molecule has 6 N–H and O–H groups in total. The first kappa shape index (κ1) is 29.4.